The van der Waals surface area contributed by atoms with Gasteiger partial charge in [0.2, 0.25) is 0 Å². The number of nitrogens with zero attached hydrogens (tertiary/aromatic N) is 1. The molecule has 1 atom stereocenters. The van der Waals surface area contributed by atoms with Crippen LogP contribution in [-0.2, 0) is 0 Å². The average Bonchev–Trinajstić information content (AvgIpc) is 2.28. The zero-order valence-corrected chi connectivity index (χ0v) is 10.6. The van der Waals surface area contributed by atoms with Crippen molar-refractivity contribution in [2.45, 2.75) is 24.0 Å². The van der Waals surface area contributed by atoms with Crippen LogP contribution >= 0.6 is 11.8 Å². The van der Waals surface area contributed by atoms with E-state index >= 15 is 0 Å². The molecule has 0 aliphatic carbocycles. The highest BCUT2D eigenvalue weighted by Crippen LogP contribution is 2.22. The first-order valence-electron chi connectivity index (χ1n) is 5.48. The van der Waals surface area contributed by atoms with Gasteiger partial charge in [-0.2, -0.15) is 0 Å². The summed E-state index contributed by atoms with van der Waals surface area (Å²) in [5, 5.41) is 3.41. The fraction of sp³-hybridized carbons (Fsp3) is 0.417. The molecule has 0 fully saturated rings. The van der Waals surface area contributed by atoms with E-state index in [9.17, 15) is 0 Å². The molecule has 4 heteroatoms. The zero-order chi connectivity index (χ0) is 11.8. The molecule has 16 heavy (non-hydrogen) atoms. The van der Waals surface area contributed by atoms with E-state index in [1.165, 1.54) is 4.90 Å². The Morgan fingerprint density at radius 2 is 2.12 bits per heavy atom. The number of nitrogens with two attached hydrogens (primary N) is 1. The number of hydrogen-bond acceptors (Lipinski definition) is 2. The minimum atomic E-state index is 0.430. The zero-order valence-electron chi connectivity index (χ0n) is 9.81. The van der Waals surface area contributed by atoms with Crippen molar-refractivity contribution in [2.24, 2.45) is 10.7 Å². The lowest BCUT2D eigenvalue weighted by molar-refractivity contribution is 0.899. The van der Waals surface area contributed by atoms with Gasteiger partial charge in [0.25, 0.3) is 0 Å². The van der Waals surface area contributed by atoms with Gasteiger partial charge in [-0.3, -0.25) is 4.99 Å². The van der Waals surface area contributed by atoms with Crippen LogP contribution in [0.1, 0.15) is 13.8 Å². The maximum absolute atomic E-state index is 5.66. The summed E-state index contributed by atoms with van der Waals surface area (Å²) in [6.45, 7) is 5.71. The Kier molecular flexibility index (Phi) is 5.78. The van der Waals surface area contributed by atoms with Crippen molar-refractivity contribution >= 4 is 17.7 Å². The van der Waals surface area contributed by atoms with Gasteiger partial charge in [0.15, 0.2) is 5.96 Å². The lowest BCUT2D eigenvalue weighted by atomic mass is 10.4. The number of nitrogens with one attached hydrogen (secondary N) is 1. The van der Waals surface area contributed by atoms with E-state index in [-0.39, 0.29) is 0 Å². The second kappa shape index (κ2) is 7.17. The molecule has 0 aliphatic heterocycles. The third kappa shape index (κ3) is 5.07. The van der Waals surface area contributed by atoms with Crippen LogP contribution in [-0.4, -0.2) is 24.3 Å². The maximum atomic E-state index is 5.66. The maximum Gasteiger partial charge on any atom is 0.188 e. The van der Waals surface area contributed by atoms with Crippen LogP contribution in [0.3, 0.4) is 0 Å². The van der Waals surface area contributed by atoms with Gasteiger partial charge in [0, 0.05) is 16.7 Å². The van der Waals surface area contributed by atoms with Gasteiger partial charge in [0.05, 0.1) is 6.54 Å². The van der Waals surface area contributed by atoms with Gasteiger partial charge in [-0.05, 0) is 19.1 Å². The van der Waals surface area contributed by atoms with E-state index in [1.54, 1.807) is 0 Å². The van der Waals surface area contributed by atoms with E-state index in [2.05, 4.69) is 29.4 Å². The van der Waals surface area contributed by atoms with Gasteiger partial charge in [-0.1, -0.05) is 25.1 Å². The Labute approximate surface area is 102 Å². The molecule has 0 saturated carbocycles. The first kappa shape index (κ1) is 12.9. The first-order valence-corrected chi connectivity index (χ1v) is 6.35. The number of benzene rings is 1. The highest BCUT2D eigenvalue weighted by Gasteiger charge is 2.03. The number of hydrogen-bond donors (Lipinski definition) is 2. The van der Waals surface area contributed by atoms with E-state index in [0.717, 1.165) is 13.1 Å². The fourth-order valence-corrected chi connectivity index (χ4v) is 2.16. The first-order chi connectivity index (χ1) is 7.72. The van der Waals surface area contributed by atoms with Gasteiger partial charge in [-0.15, -0.1) is 11.8 Å². The molecule has 1 aromatic carbocycles. The summed E-state index contributed by atoms with van der Waals surface area (Å²) in [6.07, 6.45) is 0. The van der Waals surface area contributed by atoms with Crippen molar-refractivity contribution in [3.05, 3.63) is 30.3 Å². The Bertz CT molecular complexity index is 324. The standard InChI is InChI=1S/C12H19N3S/c1-3-14-12(13)15-9-10(2)16-11-7-5-4-6-8-11/h4-8,10H,3,9H2,1-2H3,(H3,13,14,15). The molecule has 0 radical (unpaired) electrons. The van der Waals surface area contributed by atoms with Gasteiger partial charge < -0.3 is 11.1 Å². The Morgan fingerprint density at radius 3 is 2.75 bits per heavy atom. The Hall–Kier alpha value is -1.16. The molecule has 1 unspecified atom stereocenters. The topological polar surface area (TPSA) is 50.4 Å². The van der Waals surface area contributed by atoms with Crippen molar-refractivity contribution in [3.63, 3.8) is 0 Å². The monoisotopic (exact) mass is 237 g/mol. The highest BCUT2D eigenvalue weighted by molar-refractivity contribution is 8.00. The average molecular weight is 237 g/mol. The quantitative estimate of drug-likeness (QED) is 0.468. The molecule has 0 bridgehead atoms. The number of thioether (sulfide) groups is 1. The van der Waals surface area contributed by atoms with Crippen molar-refractivity contribution < 1.29 is 0 Å². The van der Waals surface area contributed by atoms with E-state index in [0.29, 0.717) is 11.2 Å². The molecule has 1 rings (SSSR count). The van der Waals surface area contributed by atoms with Crippen LogP contribution in [0.2, 0.25) is 0 Å². The van der Waals surface area contributed by atoms with Crippen LogP contribution in [0.15, 0.2) is 40.2 Å². The van der Waals surface area contributed by atoms with Gasteiger partial charge >= 0.3 is 0 Å². The summed E-state index contributed by atoms with van der Waals surface area (Å²) in [6, 6.07) is 10.3. The molecule has 0 saturated heterocycles. The smallest absolute Gasteiger partial charge is 0.188 e. The fourth-order valence-electron chi connectivity index (χ4n) is 1.23. The predicted octanol–water partition coefficient (Wildman–Crippen LogP) is 2.09. The summed E-state index contributed by atoms with van der Waals surface area (Å²) in [4.78, 5) is 5.54. The van der Waals surface area contributed by atoms with Crippen molar-refractivity contribution in [1.29, 1.82) is 0 Å². The van der Waals surface area contributed by atoms with E-state index < -0.39 is 0 Å². The summed E-state index contributed by atoms with van der Waals surface area (Å²) >= 11 is 1.81. The van der Waals surface area contributed by atoms with Crippen molar-refractivity contribution in [3.8, 4) is 0 Å². The van der Waals surface area contributed by atoms with Gasteiger partial charge in [0.1, 0.15) is 0 Å². The molecule has 0 aliphatic rings. The summed E-state index contributed by atoms with van der Waals surface area (Å²) in [7, 11) is 0. The van der Waals surface area contributed by atoms with Crippen LogP contribution in [0.4, 0.5) is 0 Å². The molecule has 0 aromatic heterocycles. The van der Waals surface area contributed by atoms with Crippen molar-refractivity contribution in [2.75, 3.05) is 13.1 Å². The molecule has 0 spiro atoms. The molecule has 3 N–H and O–H groups in total. The molecule has 0 heterocycles. The highest BCUT2D eigenvalue weighted by atomic mass is 32.2. The van der Waals surface area contributed by atoms with Crippen molar-refractivity contribution in [1.82, 2.24) is 5.32 Å². The predicted molar refractivity (Wildman–Crippen MR) is 71.9 cm³/mol. The normalized spacial score (nSPS) is 13.5. The molecule has 3 nitrogen and oxygen atoms in total. The third-order valence-electron chi connectivity index (χ3n) is 1.96. The second-order valence-electron chi connectivity index (χ2n) is 3.50. The third-order valence-corrected chi connectivity index (χ3v) is 3.05. The van der Waals surface area contributed by atoms with E-state index in [4.69, 9.17) is 5.73 Å². The van der Waals surface area contributed by atoms with Crippen LogP contribution in [0, 0.1) is 0 Å². The number of guanidine groups is 1. The number of rotatable bonds is 5. The van der Waals surface area contributed by atoms with Crippen LogP contribution in [0.25, 0.3) is 0 Å². The van der Waals surface area contributed by atoms with E-state index in [1.807, 2.05) is 36.9 Å². The SMILES string of the molecule is CCNC(N)=NCC(C)Sc1ccccc1. The molecule has 0 amide bonds. The largest absolute Gasteiger partial charge is 0.370 e. The lowest BCUT2D eigenvalue weighted by Crippen LogP contribution is -2.31. The Morgan fingerprint density at radius 1 is 1.44 bits per heavy atom. The molecule has 1 aromatic rings. The molecular weight excluding hydrogens is 218 g/mol. The van der Waals surface area contributed by atoms with Gasteiger partial charge in [-0.25, -0.2) is 0 Å². The minimum Gasteiger partial charge on any atom is -0.370 e. The van der Waals surface area contributed by atoms with Crippen LogP contribution in [0.5, 0.6) is 0 Å². The summed E-state index contributed by atoms with van der Waals surface area (Å²) in [5.41, 5.74) is 5.66. The lowest BCUT2D eigenvalue weighted by Gasteiger charge is -2.09. The summed E-state index contributed by atoms with van der Waals surface area (Å²) in [5.74, 6) is 0.531. The minimum absolute atomic E-state index is 0.430. The molecular formula is C12H19N3S. The Balaban J connectivity index is 2.36. The summed E-state index contributed by atoms with van der Waals surface area (Å²) < 4.78 is 0. The molecule has 88 valence electrons. The van der Waals surface area contributed by atoms with Crippen LogP contribution < -0.4 is 11.1 Å². The number of aliphatic imine (C=N–C) groups is 1. The second-order valence-corrected chi connectivity index (χ2v) is 5.01.